The van der Waals surface area contributed by atoms with E-state index in [4.69, 9.17) is 0 Å². The van der Waals surface area contributed by atoms with Crippen LogP contribution < -0.4 is 5.32 Å². The molecule has 0 spiro atoms. The van der Waals surface area contributed by atoms with Gasteiger partial charge in [-0.2, -0.15) is 0 Å². The van der Waals surface area contributed by atoms with Crippen LogP contribution in [0.5, 0.6) is 0 Å². The molecule has 0 amide bonds. The van der Waals surface area contributed by atoms with Crippen LogP contribution in [0.15, 0.2) is 0 Å². The molecule has 3 rings (SSSR count). The number of piperazine rings is 1. The minimum atomic E-state index is 0.756. The average Bonchev–Trinajstić information content (AvgIpc) is 3.02. The summed E-state index contributed by atoms with van der Waals surface area (Å²) in [6, 6.07) is 1.55. The van der Waals surface area contributed by atoms with Crippen molar-refractivity contribution in [3.8, 4) is 0 Å². The van der Waals surface area contributed by atoms with Gasteiger partial charge in [0.25, 0.3) is 0 Å². The third-order valence-electron chi connectivity index (χ3n) is 6.08. The highest BCUT2D eigenvalue weighted by molar-refractivity contribution is 4.94. The fourth-order valence-corrected chi connectivity index (χ4v) is 5.00. The van der Waals surface area contributed by atoms with Crippen molar-refractivity contribution in [2.45, 2.75) is 70.9 Å². The van der Waals surface area contributed by atoms with Crippen LogP contribution in [0.1, 0.15) is 58.8 Å². The van der Waals surface area contributed by atoms with Gasteiger partial charge in [0.05, 0.1) is 0 Å². The molecule has 3 aliphatic rings. The number of nitrogens with one attached hydrogen (secondary N) is 1. The average molecular weight is 264 g/mol. The standard InChI is InChI=1S/C17H32N2/c1-3-5-16-12-19(17(4-2)10-18-16)11-15-9-13-6-7-14(15)8-13/h13-18H,3-12H2,1-2H3. The molecule has 1 saturated heterocycles. The zero-order chi connectivity index (χ0) is 13.2. The summed E-state index contributed by atoms with van der Waals surface area (Å²) in [6.45, 7) is 8.61. The van der Waals surface area contributed by atoms with E-state index in [1.165, 1.54) is 45.3 Å². The van der Waals surface area contributed by atoms with Gasteiger partial charge >= 0.3 is 0 Å². The number of nitrogens with zero attached hydrogens (tertiary/aromatic N) is 1. The molecule has 2 nitrogen and oxygen atoms in total. The van der Waals surface area contributed by atoms with Gasteiger partial charge < -0.3 is 5.32 Å². The van der Waals surface area contributed by atoms with Gasteiger partial charge in [-0.1, -0.05) is 26.7 Å². The van der Waals surface area contributed by atoms with Gasteiger partial charge in [-0.25, -0.2) is 0 Å². The smallest absolute Gasteiger partial charge is 0.0218 e. The first kappa shape index (κ1) is 13.9. The summed E-state index contributed by atoms with van der Waals surface area (Å²) < 4.78 is 0. The lowest BCUT2D eigenvalue weighted by Gasteiger charge is -2.42. The van der Waals surface area contributed by atoms with Gasteiger partial charge in [0.15, 0.2) is 0 Å². The van der Waals surface area contributed by atoms with Crippen LogP contribution in [0.3, 0.4) is 0 Å². The van der Waals surface area contributed by atoms with Crippen molar-refractivity contribution in [1.29, 1.82) is 0 Å². The molecule has 0 radical (unpaired) electrons. The predicted molar refractivity (Wildman–Crippen MR) is 81.3 cm³/mol. The fourth-order valence-electron chi connectivity index (χ4n) is 5.00. The summed E-state index contributed by atoms with van der Waals surface area (Å²) >= 11 is 0. The monoisotopic (exact) mass is 264 g/mol. The van der Waals surface area contributed by atoms with Crippen LogP contribution in [-0.4, -0.2) is 36.6 Å². The zero-order valence-corrected chi connectivity index (χ0v) is 12.9. The van der Waals surface area contributed by atoms with Gasteiger partial charge in [0.2, 0.25) is 0 Å². The van der Waals surface area contributed by atoms with Crippen molar-refractivity contribution in [1.82, 2.24) is 10.2 Å². The van der Waals surface area contributed by atoms with Crippen LogP contribution in [0.4, 0.5) is 0 Å². The largest absolute Gasteiger partial charge is 0.311 e. The molecule has 2 aliphatic carbocycles. The molecule has 1 heterocycles. The first-order chi connectivity index (χ1) is 9.30. The highest BCUT2D eigenvalue weighted by Crippen LogP contribution is 2.48. The SMILES string of the molecule is CCCC1CN(CC2CC3CCC2C3)C(CC)CN1. The highest BCUT2D eigenvalue weighted by Gasteiger charge is 2.41. The molecular formula is C17H32N2. The summed E-state index contributed by atoms with van der Waals surface area (Å²) in [5.74, 6) is 3.22. The van der Waals surface area contributed by atoms with Crippen LogP contribution in [0, 0.1) is 17.8 Å². The maximum atomic E-state index is 3.77. The lowest BCUT2D eigenvalue weighted by atomic mass is 9.87. The summed E-state index contributed by atoms with van der Waals surface area (Å²) in [5, 5.41) is 3.77. The van der Waals surface area contributed by atoms with Gasteiger partial charge in [-0.05, 0) is 49.9 Å². The molecule has 19 heavy (non-hydrogen) atoms. The third kappa shape index (κ3) is 3.00. The first-order valence-corrected chi connectivity index (χ1v) is 8.77. The van der Waals surface area contributed by atoms with E-state index < -0.39 is 0 Å². The molecule has 0 aromatic heterocycles. The number of rotatable bonds is 5. The summed E-state index contributed by atoms with van der Waals surface area (Å²) in [6.07, 6.45) is 10.2. The third-order valence-corrected chi connectivity index (χ3v) is 6.08. The van der Waals surface area contributed by atoms with E-state index in [1.807, 2.05) is 0 Å². The van der Waals surface area contributed by atoms with E-state index in [-0.39, 0.29) is 0 Å². The summed E-state index contributed by atoms with van der Waals surface area (Å²) in [7, 11) is 0. The second kappa shape index (κ2) is 6.13. The molecule has 2 heteroatoms. The Kier molecular flexibility index (Phi) is 4.48. The first-order valence-electron chi connectivity index (χ1n) is 8.77. The Hall–Kier alpha value is -0.0800. The Morgan fingerprint density at radius 2 is 2.05 bits per heavy atom. The molecular weight excluding hydrogens is 232 g/mol. The van der Waals surface area contributed by atoms with E-state index in [0.29, 0.717) is 0 Å². The Morgan fingerprint density at radius 3 is 2.68 bits per heavy atom. The van der Waals surface area contributed by atoms with Crippen molar-refractivity contribution < 1.29 is 0 Å². The second-order valence-corrected chi connectivity index (χ2v) is 7.34. The van der Waals surface area contributed by atoms with Crippen LogP contribution >= 0.6 is 0 Å². The minimum absolute atomic E-state index is 0.756. The van der Waals surface area contributed by atoms with E-state index in [1.54, 1.807) is 19.3 Å². The highest BCUT2D eigenvalue weighted by atomic mass is 15.2. The van der Waals surface area contributed by atoms with Crippen LogP contribution in [0.2, 0.25) is 0 Å². The lowest BCUT2D eigenvalue weighted by Crippen LogP contribution is -2.57. The Morgan fingerprint density at radius 1 is 1.16 bits per heavy atom. The zero-order valence-electron chi connectivity index (χ0n) is 12.9. The van der Waals surface area contributed by atoms with Gasteiger partial charge in [-0.3, -0.25) is 4.90 Å². The summed E-state index contributed by atoms with van der Waals surface area (Å²) in [4.78, 5) is 2.85. The molecule has 1 aliphatic heterocycles. The maximum absolute atomic E-state index is 3.77. The maximum Gasteiger partial charge on any atom is 0.0218 e. The fraction of sp³-hybridized carbons (Fsp3) is 1.00. The van der Waals surface area contributed by atoms with Crippen LogP contribution in [0.25, 0.3) is 0 Å². The molecule has 110 valence electrons. The van der Waals surface area contributed by atoms with Crippen molar-refractivity contribution >= 4 is 0 Å². The molecule has 5 atom stereocenters. The molecule has 5 unspecified atom stereocenters. The molecule has 3 fully saturated rings. The van der Waals surface area contributed by atoms with E-state index >= 15 is 0 Å². The number of hydrogen-bond acceptors (Lipinski definition) is 2. The van der Waals surface area contributed by atoms with Crippen LogP contribution in [-0.2, 0) is 0 Å². The Balaban J connectivity index is 1.56. The minimum Gasteiger partial charge on any atom is -0.311 e. The quantitative estimate of drug-likeness (QED) is 0.820. The van der Waals surface area contributed by atoms with E-state index in [9.17, 15) is 0 Å². The lowest BCUT2D eigenvalue weighted by molar-refractivity contribution is 0.0899. The van der Waals surface area contributed by atoms with E-state index in [0.717, 1.165) is 29.8 Å². The molecule has 1 N–H and O–H groups in total. The van der Waals surface area contributed by atoms with Gasteiger partial charge in [-0.15, -0.1) is 0 Å². The summed E-state index contributed by atoms with van der Waals surface area (Å²) in [5.41, 5.74) is 0. The molecule has 0 aromatic carbocycles. The second-order valence-electron chi connectivity index (χ2n) is 7.34. The number of hydrogen-bond donors (Lipinski definition) is 1. The van der Waals surface area contributed by atoms with Crippen molar-refractivity contribution in [3.63, 3.8) is 0 Å². The topological polar surface area (TPSA) is 15.3 Å². The van der Waals surface area contributed by atoms with Crippen molar-refractivity contribution in [3.05, 3.63) is 0 Å². The van der Waals surface area contributed by atoms with E-state index in [2.05, 4.69) is 24.1 Å². The molecule has 2 bridgehead atoms. The Labute approximate surface area is 119 Å². The normalized spacial score (nSPS) is 42.9. The van der Waals surface area contributed by atoms with Gasteiger partial charge in [0.1, 0.15) is 0 Å². The predicted octanol–water partition coefficient (Wildman–Crippen LogP) is 3.28. The van der Waals surface area contributed by atoms with Crippen molar-refractivity contribution in [2.75, 3.05) is 19.6 Å². The Bertz CT molecular complexity index is 291. The number of fused-ring (bicyclic) bond motifs is 2. The van der Waals surface area contributed by atoms with Crippen molar-refractivity contribution in [2.24, 2.45) is 17.8 Å². The molecule has 0 aromatic rings. The molecule has 2 saturated carbocycles. The van der Waals surface area contributed by atoms with Gasteiger partial charge in [0, 0.05) is 31.7 Å².